The van der Waals surface area contributed by atoms with Crippen LogP contribution < -0.4 is 5.32 Å². The molecule has 0 saturated heterocycles. The van der Waals surface area contributed by atoms with E-state index in [1.165, 1.54) is 0 Å². The molecule has 0 radical (unpaired) electrons. The Hall–Kier alpha value is 0.220. The lowest BCUT2D eigenvalue weighted by Crippen LogP contribution is -2.17. The highest BCUT2D eigenvalue weighted by molar-refractivity contribution is 8.03. The summed E-state index contributed by atoms with van der Waals surface area (Å²) in [5, 5.41) is 11.8. The summed E-state index contributed by atoms with van der Waals surface area (Å²) in [6, 6.07) is 0. The van der Waals surface area contributed by atoms with E-state index in [0.29, 0.717) is 5.25 Å². The van der Waals surface area contributed by atoms with Gasteiger partial charge in [0.2, 0.25) is 0 Å². The zero-order chi connectivity index (χ0) is 9.68. The Morgan fingerprint density at radius 2 is 2.15 bits per heavy atom. The van der Waals surface area contributed by atoms with Crippen molar-refractivity contribution in [2.75, 3.05) is 19.8 Å². The van der Waals surface area contributed by atoms with Crippen LogP contribution in [0.2, 0.25) is 0 Å². The second-order valence-electron chi connectivity index (χ2n) is 2.52. The van der Waals surface area contributed by atoms with Gasteiger partial charge in [0.15, 0.2) is 8.68 Å². The predicted molar refractivity (Wildman–Crippen MR) is 60.9 cm³/mol. The van der Waals surface area contributed by atoms with Crippen LogP contribution in [0.4, 0.5) is 0 Å². The molecule has 13 heavy (non-hydrogen) atoms. The minimum atomic E-state index is 0.549. The van der Waals surface area contributed by atoms with E-state index >= 15 is 0 Å². The van der Waals surface area contributed by atoms with Gasteiger partial charge in [-0.1, -0.05) is 41.8 Å². The molecular weight excluding hydrogens is 222 g/mol. The number of hydrogen-bond acceptors (Lipinski definition) is 6. The Balaban J connectivity index is 2.44. The molecule has 1 atom stereocenters. The summed E-state index contributed by atoms with van der Waals surface area (Å²) in [6.07, 6.45) is 2.02. The maximum Gasteiger partial charge on any atom is 0.175 e. The van der Waals surface area contributed by atoms with Crippen LogP contribution in [-0.4, -0.2) is 35.3 Å². The quantitative estimate of drug-likeness (QED) is 0.790. The number of aromatic nitrogens is 2. The average molecular weight is 235 g/mol. The van der Waals surface area contributed by atoms with Gasteiger partial charge in [0, 0.05) is 11.8 Å². The van der Waals surface area contributed by atoms with Crippen molar-refractivity contribution in [1.29, 1.82) is 0 Å². The third kappa shape index (κ3) is 3.84. The summed E-state index contributed by atoms with van der Waals surface area (Å²) in [7, 11) is 1.96. The fraction of sp³-hybridized carbons (Fsp3) is 0.714. The van der Waals surface area contributed by atoms with Crippen LogP contribution in [0.1, 0.15) is 6.92 Å². The molecule has 1 N–H and O–H groups in total. The Kier molecular flexibility index (Phi) is 5.08. The molecule has 1 aromatic rings. The van der Waals surface area contributed by atoms with Crippen molar-refractivity contribution in [3.8, 4) is 0 Å². The van der Waals surface area contributed by atoms with Crippen LogP contribution in [0.3, 0.4) is 0 Å². The molecule has 0 aliphatic rings. The maximum atomic E-state index is 4.09. The van der Waals surface area contributed by atoms with Gasteiger partial charge >= 0.3 is 0 Å². The van der Waals surface area contributed by atoms with E-state index in [1.54, 1.807) is 34.9 Å². The zero-order valence-electron chi connectivity index (χ0n) is 7.90. The molecule has 0 saturated carbocycles. The summed E-state index contributed by atoms with van der Waals surface area (Å²) in [5.41, 5.74) is 0. The minimum Gasteiger partial charge on any atom is -0.319 e. The van der Waals surface area contributed by atoms with Gasteiger partial charge in [-0.25, -0.2) is 0 Å². The Bertz CT molecular complexity index is 251. The van der Waals surface area contributed by atoms with Crippen molar-refractivity contribution in [2.24, 2.45) is 0 Å². The first-order chi connectivity index (χ1) is 6.26. The summed E-state index contributed by atoms with van der Waals surface area (Å²) >= 11 is 5.08. The molecule has 0 spiro atoms. The minimum absolute atomic E-state index is 0.549. The highest BCUT2D eigenvalue weighted by Gasteiger charge is 2.08. The van der Waals surface area contributed by atoms with Crippen LogP contribution in [0.25, 0.3) is 0 Å². The van der Waals surface area contributed by atoms with Crippen molar-refractivity contribution in [3.05, 3.63) is 0 Å². The molecule has 1 aromatic heterocycles. The lowest BCUT2D eigenvalue weighted by atomic mass is 10.5. The second kappa shape index (κ2) is 5.85. The highest BCUT2D eigenvalue weighted by atomic mass is 32.2. The van der Waals surface area contributed by atoms with Crippen LogP contribution >= 0.6 is 34.9 Å². The third-order valence-electron chi connectivity index (χ3n) is 1.36. The Morgan fingerprint density at radius 3 is 2.69 bits per heavy atom. The van der Waals surface area contributed by atoms with Gasteiger partial charge in [0.1, 0.15) is 0 Å². The smallest absolute Gasteiger partial charge is 0.175 e. The second-order valence-corrected chi connectivity index (χ2v) is 6.24. The highest BCUT2D eigenvalue weighted by Crippen LogP contribution is 2.29. The van der Waals surface area contributed by atoms with E-state index in [1.807, 2.05) is 13.3 Å². The van der Waals surface area contributed by atoms with Crippen molar-refractivity contribution >= 4 is 34.9 Å². The van der Waals surface area contributed by atoms with Crippen molar-refractivity contribution < 1.29 is 0 Å². The first-order valence-electron chi connectivity index (χ1n) is 3.95. The van der Waals surface area contributed by atoms with E-state index in [2.05, 4.69) is 22.4 Å². The molecule has 6 heteroatoms. The first kappa shape index (κ1) is 11.3. The van der Waals surface area contributed by atoms with Crippen LogP contribution in [0.15, 0.2) is 8.68 Å². The molecule has 0 amide bonds. The molecule has 74 valence electrons. The molecule has 1 heterocycles. The van der Waals surface area contributed by atoms with Crippen molar-refractivity contribution in [2.45, 2.75) is 20.9 Å². The van der Waals surface area contributed by atoms with Gasteiger partial charge < -0.3 is 5.32 Å². The first-order valence-corrected chi connectivity index (χ1v) is 6.87. The molecule has 3 nitrogen and oxygen atoms in total. The maximum absolute atomic E-state index is 4.09. The predicted octanol–water partition coefficient (Wildman–Crippen LogP) is 1.96. The molecule has 0 aliphatic carbocycles. The number of thioether (sulfide) groups is 2. The monoisotopic (exact) mass is 235 g/mol. The van der Waals surface area contributed by atoms with Gasteiger partial charge in [-0.15, -0.1) is 10.2 Å². The largest absolute Gasteiger partial charge is 0.319 e. The van der Waals surface area contributed by atoms with Gasteiger partial charge in [0.25, 0.3) is 0 Å². The van der Waals surface area contributed by atoms with E-state index in [-0.39, 0.29) is 0 Å². The number of rotatable bonds is 5. The van der Waals surface area contributed by atoms with Gasteiger partial charge in [-0.3, -0.25) is 0 Å². The van der Waals surface area contributed by atoms with Crippen molar-refractivity contribution in [3.63, 3.8) is 0 Å². The topological polar surface area (TPSA) is 37.8 Å². The van der Waals surface area contributed by atoms with E-state index in [0.717, 1.165) is 15.2 Å². The fourth-order valence-electron chi connectivity index (χ4n) is 0.829. The van der Waals surface area contributed by atoms with Gasteiger partial charge in [-0.05, 0) is 13.3 Å². The average Bonchev–Trinajstić information content (AvgIpc) is 2.52. The number of hydrogen-bond donors (Lipinski definition) is 1. The van der Waals surface area contributed by atoms with E-state index < -0.39 is 0 Å². The van der Waals surface area contributed by atoms with Crippen LogP contribution in [-0.2, 0) is 0 Å². The van der Waals surface area contributed by atoms with E-state index in [9.17, 15) is 0 Å². The Labute approximate surface area is 91.1 Å². The summed E-state index contributed by atoms with van der Waals surface area (Å²) < 4.78 is 2.10. The molecule has 0 bridgehead atoms. The standard InChI is InChI=1S/C7H13N3S3/c1-5(4-8-2)12-7-10-9-6(11-3)13-7/h5,8H,4H2,1-3H3. The summed E-state index contributed by atoms with van der Waals surface area (Å²) in [5.74, 6) is 0. The molecular formula is C7H13N3S3. The van der Waals surface area contributed by atoms with Crippen LogP contribution in [0.5, 0.6) is 0 Å². The SMILES string of the molecule is CNCC(C)Sc1nnc(SC)s1. The van der Waals surface area contributed by atoms with Gasteiger partial charge in [-0.2, -0.15) is 0 Å². The lowest BCUT2D eigenvalue weighted by molar-refractivity contribution is 0.784. The number of nitrogens with zero attached hydrogens (tertiary/aromatic N) is 2. The van der Waals surface area contributed by atoms with Gasteiger partial charge in [0.05, 0.1) is 0 Å². The molecule has 1 rings (SSSR count). The van der Waals surface area contributed by atoms with E-state index in [4.69, 9.17) is 0 Å². The molecule has 0 fully saturated rings. The van der Waals surface area contributed by atoms with Crippen LogP contribution in [0, 0.1) is 0 Å². The normalized spacial score (nSPS) is 13.2. The molecule has 1 unspecified atom stereocenters. The fourth-order valence-corrected chi connectivity index (χ4v) is 3.60. The Morgan fingerprint density at radius 1 is 1.46 bits per heavy atom. The zero-order valence-corrected chi connectivity index (χ0v) is 10.4. The molecule has 0 aliphatic heterocycles. The summed E-state index contributed by atoms with van der Waals surface area (Å²) in [6.45, 7) is 3.18. The lowest BCUT2D eigenvalue weighted by Gasteiger charge is -2.05. The summed E-state index contributed by atoms with van der Waals surface area (Å²) in [4.78, 5) is 0. The molecule has 0 aromatic carbocycles. The van der Waals surface area contributed by atoms with Crippen molar-refractivity contribution in [1.82, 2.24) is 15.5 Å². The third-order valence-corrected chi connectivity index (χ3v) is 4.44. The number of nitrogens with one attached hydrogen (secondary N) is 1.